The highest BCUT2D eigenvalue weighted by molar-refractivity contribution is 5.88. The molecule has 5 aromatic rings. The van der Waals surface area contributed by atoms with Gasteiger partial charge in [-0.2, -0.15) is 9.97 Å². The molecule has 88 heavy (non-hydrogen) atoms. The van der Waals surface area contributed by atoms with E-state index in [4.69, 9.17) is 32.7 Å². The molecule has 0 unspecified atom stereocenters. The Morgan fingerprint density at radius 2 is 1.07 bits per heavy atom. The minimum Gasteiger partial charge on any atom is -0.460 e. The fourth-order valence-corrected chi connectivity index (χ4v) is 9.05. The molecule has 2 aliphatic heterocycles. The van der Waals surface area contributed by atoms with Crippen molar-refractivity contribution in [1.29, 1.82) is 0 Å². The van der Waals surface area contributed by atoms with E-state index in [9.17, 15) is 38.9 Å². The van der Waals surface area contributed by atoms with Crippen LogP contribution in [-0.2, 0) is 51.0 Å². The van der Waals surface area contributed by atoms with E-state index in [1.165, 1.54) is 40.8 Å². The van der Waals surface area contributed by atoms with Crippen molar-refractivity contribution in [2.75, 3.05) is 13.1 Å². The van der Waals surface area contributed by atoms with Crippen molar-refractivity contribution in [2.45, 2.75) is 221 Å². The molecule has 2 aromatic heterocycles. The average molecular weight is 1220 g/mol. The first-order chi connectivity index (χ1) is 41.0. The Bertz CT molecular complexity index is 3110. The van der Waals surface area contributed by atoms with Crippen molar-refractivity contribution in [3.63, 3.8) is 0 Å². The number of likely N-dealkylation sites (tertiary alicyclic amines) is 1. The van der Waals surface area contributed by atoms with Crippen molar-refractivity contribution in [1.82, 2.24) is 41.1 Å². The maximum Gasteiger partial charge on any atom is 0.413 e. The van der Waals surface area contributed by atoms with Crippen molar-refractivity contribution >= 4 is 41.7 Å². The molecule has 24 heteroatoms. The van der Waals surface area contributed by atoms with Gasteiger partial charge in [-0.25, -0.2) is 19.2 Å². The second-order valence-corrected chi connectivity index (χ2v) is 26.2. The summed E-state index contributed by atoms with van der Waals surface area (Å²) in [4.78, 5) is 96.2. The van der Waals surface area contributed by atoms with Gasteiger partial charge >= 0.3 is 36.0 Å². The Morgan fingerprint density at radius 1 is 0.625 bits per heavy atom. The number of benzene rings is 3. The quantitative estimate of drug-likeness (QED) is 0.0318. The van der Waals surface area contributed by atoms with Crippen LogP contribution in [0.25, 0.3) is 0 Å². The molecule has 3 aromatic carbocycles. The van der Waals surface area contributed by atoms with Gasteiger partial charge in [0.1, 0.15) is 46.3 Å². The van der Waals surface area contributed by atoms with Gasteiger partial charge in [0.25, 0.3) is 5.69 Å². The fraction of sp³-hybridized carbons (Fsp3) is 0.562. The number of rotatable bonds is 18. The maximum absolute atomic E-state index is 13.4. The van der Waals surface area contributed by atoms with E-state index in [1.807, 2.05) is 6.92 Å². The first kappa shape index (κ1) is 70.5. The van der Waals surface area contributed by atoms with Crippen LogP contribution in [0.3, 0.4) is 0 Å². The maximum atomic E-state index is 13.4. The Morgan fingerprint density at radius 3 is 1.50 bits per heavy atom. The second-order valence-electron chi connectivity index (χ2n) is 26.2. The molecule has 24 nitrogen and oxygen atoms in total. The summed E-state index contributed by atoms with van der Waals surface area (Å²) >= 11 is 0. The zero-order valence-corrected chi connectivity index (χ0v) is 53.8. The van der Waals surface area contributed by atoms with E-state index in [-0.39, 0.29) is 35.7 Å². The number of urea groups is 1. The third-order valence-electron chi connectivity index (χ3n) is 13.1. The van der Waals surface area contributed by atoms with Crippen LogP contribution in [0.1, 0.15) is 205 Å². The largest absolute Gasteiger partial charge is 0.460 e. The van der Waals surface area contributed by atoms with E-state index in [0.29, 0.717) is 24.7 Å². The molecule has 2 saturated heterocycles. The normalized spacial score (nSPS) is 16.4. The van der Waals surface area contributed by atoms with Crippen molar-refractivity contribution in [2.24, 2.45) is 0 Å². The molecule has 4 heterocycles. The number of nitrogens with zero attached hydrogens (tertiary/aromatic N) is 6. The molecular weight excluding hydrogens is 1130 g/mol. The number of carbonyl (C=O) groups excluding carboxylic acids is 6. The number of non-ortho nitro benzene ring substituents is 1. The van der Waals surface area contributed by atoms with Crippen LogP contribution in [-0.4, -0.2) is 114 Å². The lowest BCUT2D eigenvalue weighted by atomic mass is 10.00. The Balaban J connectivity index is 0.000000253. The number of nitrogens with one attached hydrogen (secondary N) is 3. The summed E-state index contributed by atoms with van der Waals surface area (Å²) in [6.07, 6.45) is 3.52. The highest BCUT2D eigenvalue weighted by Crippen LogP contribution is 2.33. The van der Waals surface area contributed by atoms with Gasteiger partial charge in [0.05, 0.1) is 23.8 Å². The molecule has 2 aliphatic rings. The van der Waals surface area contributed by atoms with Crippen LogP contribution < -0.4 is 20.7 Å². The molecule has 480 valence electrons. The Kier molecular flexibility index (Phi) is 24.9. The third-order valence-corrected chi connectivity index (χ3v) is 13.1. The van der Waals surface area contributed by atoms with Crippen molar-refractivity contribution in [3.05, 3.63) is 129 Å². The van der Waals surface area contributed by atoms with E-state index in [1.54, 1.807) is 88.0 Å². The van der Waals surface area contributed by atoms with Crippen LogP contribution in [0, 0.1) is 24.0 Å². The van der Waals surface area contributed by atoms with Gasteiger partial charge in [-0.3, -0.25) is 19.7 Å². The molecule has 6 atom stereocenters. The molecule has 0 spiro atoms. The van der Waals surface area contributed by atoms with Crippen LogP contribution >= 0.6 is 0 Å². The summed E-state index contributed by atoms with van der Waals surface area (Å²) in [5, 5.41) is 27.3. The molecule has 0 aliphatic carbocycles. The molecule has 0 radical (unpaired) electrons. The summed E-state index contributed by atoms with van der Waals surface area (Å²) < 4.78 is 37.3. The van der Waals surface area contributed by atoms with E-state index < -0.39 is 87.9 Å². The highest BCUT2D eigenvalue weighted by Gasteiger charge is 2.39. The van der Waals surface area contributed by atoms with E-state index in [0.717, 1.165) is 56.1 Å². The predicted molar refractivity (Wildman–Crippen MR) is 325 cm³/mol. The van der Waals surface area contributed by atoms with Gasteiger partial charge in [-0.15, -0.1) is 0 Å². The molecule has 7 rings (SSSR count). The van der Waals surface area contributed by atoms with Crippen LogP contribution in [0.5, 0.6) is 5.75 Å². The highest BCUT2D eigenvalue weighted by atomic mass is 16.6. The van der Waals surface area contributed by atoms with Gasteiger partial charge in [0.15, 0.2) is 11.6 Å². The summed E-state index contributed by atoms with van der Waals surface area (Å²) in [6, 6.07) is 18.5. The SMILES string of the molecule is CC(C)(C)OC(=O)C[C@H](NC(=O)Oc1ccc([N+](=O)[O-])cc1)C(=O)OC(C)(C)C.Cc1ccc(C[C@H](C)c2noc([C@@H]3CCCN3)n2)cc1.Cc1ccc(C[C@H](C)c2noc([C@@H]3CCCN3C(=O)N[C@@H](CC(=O)OC(C)(C)C)C(=O)OC(C)(C)C)n2)cc1. The summed E-state index contributed by atoms with van der Waals surface area (Å²) in [5.74, 6) is -0.0355. The second kappa shape index (κ2) is 31.1. The smallest absolute Gasteiger partial charge is 0.413 e. The molecular formula is C64H89N9O15. The van der Waals surface area contributed by atoms with Gasteiger partial charge < -0.3 is 53.6 Å². The van der Waals surface area contributed by atoms with Gasteiger partial charge in [0, 0.05) is 30.5 Å². The first-order valence-electron chi connectivity index (χ1n) is 29.7. The lowest BCUT2D eigenvalue weighted by Gasteiger charge is -2.28. The molecule has 0 saturated carbocycles. The van der Waals surface area contributed by atoms with Gasteiger partial charge in [0.2, 0.25) is 11.8 Å². The fourth-order valence-electron chi connectivity index (χ4n) is 9.05. The number of aromatic nitrogens is 4. The number of ether oxygens (including phenoxy) is 5. The molecule has 2 fully saturated rings. The number of hydrogen-bond donors (Lipinski definition) is 3. The topological polar surface area (TPSA) is 309 Å². The minimum absolute atomic E-state index is 0.0216. The van der Waals surface area contributed by atoms with Crippen LogP contribution in [0.4, 0.5) is 15.3 Å². The minimum atomic E-state index is -1.34. The Labute approximate surface area is 515 Å². The van der Waals surface area contributed by atoms with E-state index >= 15 is 0 Å². The lowest BCUT2D eigenvalue weighted by Crippen LogP contribution is -2.50. The molecule has 3 N–H and O–H groups in total. The number of amides is 3. The van der Waals surface area contributed by atoms with Gasteiger partial charge in [-0.05, 0) is 165 Å². The lowest BCUT2D eigenvalue weighted by molar-refractivity contribution is -0.384. The summed E-state index contributed by atoms with van der Waals surface area (Å²) in [5.41, 5.74) is 1.68. The first-order valence-corrected chi connectivity index (χ1v) is 29.7. The van der Waals surface area contributed by atoms with Crippen LogP contribution in [0.15, 0.2) is 81.8 Å². The number of aryl methyl sites for hydroxylation is 2. The molecule has 3 amide bonds. The number of nitro benzene ring substituents is 1. The number of nitro groups is 1. The summed E-state index contributed by atoms with van der Waals surface area (Å²) in [7, 11) is 0. The molecule has 0 bridgehead atoms. The monoisotopic (exact) mass is 1220 g/mol. The van der Waals surface area contributed by atoms with Gasteiger partial charge in [-0.1, -0.05) is 83.8 Å². The predicted octanol–water partition coefficient (Wildman–Crippen LogP) is 11.3. The van der Waals surface area contributed by atoms with Crippen molar-refractivity contribution in [3.8, 4) is 5.75 Å². The number of carbonyl (C=O) groups is 6. The third kappa shape index (κ3) is 24.5. The zero-order valence-electron chi connectivity index (χ0n) is 53.8. The standard InChI is InChI=1S/C29H42N4O6.C19H26N2O8.C16H21N3O/c1-18-11-13-20(14-12-18)16-19(2)24-31-25(39-32-24)22-10-9-15-33(22)27(36)30-21(26(35)38-29(6,7)8)17-23(34)37-28(3,4)5;1-18(2,3)28-15(22)11-14(16(23)29-19(4,5)6)20-17(24)27-13-9-7-12(8-10-13)21(25)26;1-11-5-7-13(8-6-11)10-12(2)15-18-16(20-19-15)14-4-3-9-17-14/h11-14,19,21-22H,9-10,15-17H2,1-8H3,(H,30,36);7-10,14H,11H2,1-6H3,(H,20,24);5-8,12,14,17H,3-4,9-10H2,1-2H3/t19-,21-,22-;14-;12-,14-/m000/s1. The average Bonchev–Trinajstić information content (AvgIpc) is 4.12. The number of esters is 4. The zero-order chi connectivity index (χ0) is 65.3. The Hall–Kier alpha value is -8.28. The number of hydrogen-bond acceptors (Lipinski definition) is 20. The van der Waals surface area contributed by atoms with Crippen molar-refractivity contribution < 1.29 is 66.4 Å². The summed E-state index contributed by atoms with van der Waals surface area (Å²) in [6.45, 7) is 30.2. The van der Waals surface area contributed by atoms with E-state index in [2.05, 4.69) is 106 Å². The van der Waals surface area contributed by atoms with Crippen LogP contribution in [0.2, 0.25) is 0 Å².